The van der Waals surface area contributed by atoms with Crippen molar-refractivity contribution in [2.24, 2.45) is 0 Å². The highest BCUT2D eigenvalue weighted by Crippen LogP contribution is 2.28. The van der Waals surface area contributed by atoms with Gasteiger partial charge in [-0.15, -0.1) is 11.3 Å². The van der Waals surface area contributed by atoms with Gasteiger partial charge in [0, 0.05) is 10.5 Å². The number of hydrogen-bond donors (Lipinski definition) is 1. The monoisotopic (exact) mass is 210 g/mol. The maximum Gasteiger partial charge on any atom is 0.331 e. The number of carbonyl (C=O) groups is 1. The molecule has 0 aliphatic carbocycles. The highest BCUT2D eigenvalue weighted by Gasteiger charge is 2.12. The highest BCUT2D eigenvalue weighted by atomic mass is 32.1. The van der Waals surface area contributed by atoms with Crippen molar-refractivity contribution in [2.45, 2.75) is 27.2 Å². The molecule has 0 aromatic carbocycles. The van der Waals surface area contributed by atoms with Crippen LogP contribution in [0.3, 0.4) is 0 Å². The van der Waals surface area contributed by atoms with Crippen molar-refractivity contribution in [3.63, 3.8) is 0 Å². The summed E-state index contributed by atoms with van der Waals surface area (Å²) < 4.78 is 0. The molecule has 14 heavy (non-hydrogen) atoms. The first-order valence-electron chi connectivity index (χ1n) is 4.55. The molecule has 0 spiro atoms. The first-order valence-corrected chi connectivity index (χ1v) is 5.43. The van der Waals surface area contributed by atoms with Crippen LogP contribution in [0.15, 0.2) is 17.0 Å². The van der Waals surface area contributed by atoms with Crippen LogP contribution in [0.5, 0.6) is 0 Å². The van der Waals surface area contributed by atoms with Crippen LogP contribution >= 0.6 is 11.3 Å². The van der Waals surface area contributed by atoms with E-state index in [2.05, 4.69) is 0 Å². The van der Waals surface area contributed by atoms with Gasteiger partial charge in [0.15, 0.2) is 0 Å². The van der Waals surface area contributed by atoms with Gasteiger partial charge in [-0.1, -0.05) is 6.92 Å². The van der Waals surface area contributed by atoms with E-state index in [0.717, 1.165) is 16.0 Å². The quantitative estimate of drug-likeness (QED) is 0.777. The van der Waals surface area contributed by atoms with Crippen LogP contribution in [0.2, 0.25) is 0 Å². The molecular formula is C11H14O2S. The molecule has 0 atom stereocenters. The largest absolute Gasteiger partial charge is 0.478 e. The number of carboxylic acids is 1. The minimum absolute atomic E-state index is 0.510. The number of hydrogen-bond acceptors (Lipinski definition) is 2. The summed E-state index contributed by atoms with van der Waals surface area (Å²) in [6.07, 6.45) is 0.568. The average molecular weight is 210 g/mol. The molecule has 76 valence electrons. The number of aliphatic carboxylic acids is 1. The van der Waals surface area contributed by atoms with Crippen LogP contribution in [0, 0.1) is 6.92 Å². The van der Waals surface area contributed by atoms with Crippen LogP contribution in [-0.2, 0) is 4.79 Å². The highest BCUT2D eigenvalue weighted by molar-refractivity contribution is 7.11. The summed E-state index contributed by atoms with van der Waals surface area (Å²) >= 11 is 1.60. The van der Waals surface area contributed by atoms with E-state index in [0.29, 0.717) is 12.0 Å². The fraction of sp³-hybridized carbons (Fsp3) is 0.364. The standard InChI is InChI=1S/C11H14O2S/c1-4-9(11(12)13)8(3)10-7(2)5-6-14-10/h5-6H,4H2,1-3H3,(H,12,13)/b9-8-. The fourth-order valence-corrected chi connectivity index (χ4v) is 2.43. The molecule has 1 N–H and O–H groups in total. The first kappa shape index (κ1) is 11.0. The second kappa shape index (κ2) is 4.42. The van der Waals surface area contributed by atoms with E-state index < -0.39 is 5.97 Å². The minimum Gasteiger partial charge on any atom is -0.478 e. The molecule has 0 saturated carbocycles. The van der Waals surface area contributed by atoms with Gasteiger partial charge < -0.3 is 5.11 Å². The lowest BCUT2D eigenvalue weighted by Gasteiger charge is -2.05. The zero-order valence-corrected chi connectivity index (χ0v) is 9.44. The van der Waals surface area contributed by atoms with E-state index >= 15 is 0 Å². The van der Waals surface area contributed by atoms with Gasteiger partial charge >= 0.3 is 5.97 Å². The van der Waals surface area contributed by atoms with Gasteiger partial charge in [0.25, 0.3) is 0 Å². The molecule has 0 radical (unpaired) electrons. The maximum atomic E-state index is 10.9. The third-order valence-corrected chi connectivity index (χ3v) is 3.40. The fourth-order valence-electron chi connectivity index (χ4n) is 1.47. The van der Waals surface area contributed by atoms with E-state index in [1.807, 2.05) is 32.2 Å². The van der Waals surface area contributed by atoms with Gasteiger partial charge in [-0.3, -0.25) is 0 Å². The third kappa shape index (κ3) is 2.04. The van der Waals surface area contributed by atoms with Gasteiger partial charge in [0.05, 0.1) is 0 Å². The number of carboxylic acid groups (broad SMARTS) is 1. The second-order valence-electron chi connectivity index (χ2n) is 3.19. The molecule has 0 aliphatic rings. The van der Waals surface area contributed by atoms with Gasteiger partial charge in [-0.05, 0) is 42.9 Å². The van der Waals surface area contributed by atoms with Crippen LogP contribution in [0.1, 0.15) is 30.7 Å². The summed E-state index contributed by atoms with van der Waals surface area (Å²) in [5.41, 5.74) is 2.56. The zero-order valence-electron chi connectivity index (χ0n) is 8.63. The van der Waals surface area contributed by atoms with Crippen molar-refractivity contribution in [2.75, 3.05) is 0 Å². The third-order valence-electron chi connectivity index (χ3n) is 2.27. The molecular weight excluding hydrogens is 196 g/mol. The van der Waals surface area contributed by atoms with E-state index in [1.54, 1.807) is 11.3 Å². The molecule has 0 saturated heterocycles. The Balaban J connectivity index is 3.21. The van der Waals surface area contributed by atoms with Crippen molar-refractivity contribution in [3.8, 4) is 0 Å². The number of allylic oxidation sites excluding steroid dienone is 1. The molecule has 0 amide bonds. The molecule has 1 heterocycles. The summed E-state index contributed by atoms with van der Waals surface area (Å²) in [4.78, 5) is 12.0. The van der Waals surface area contributed by atoms with Gasteiger partial charge in [0.2, 0.25) is 0 Å². The Morgan fingerprint density at radius 2 is 2.21 bits per heavy atom. The van der Waals surface area contributed by atoms with Crippen LogP contribution in [0.4, 0.5) is 0 Å². The molecule has 1 aromatic rings. The lowest BCUT2D eigenvalue weighted by Crippen LogP contribution is -2.01. The Hall–Kier alpha value is -1.09. The zero-order chi connectivity index (χ0) is 10.7. The van der Waals surface area contributed by atoms with Gasteiger partial charge in [-0.25, -0.2) is 4.79 Å². The molecule has 0 aliphatic heterocycles. The molecule has 0 bridgehead atoms. The van der Waals surface area contributed by atoms with Crippen LogP contribution in [-0.4, -0.2) is 11.1 Å². The number of rotatable bonds is 3. The topological polar surface area (TPSA) is 37.3 Å². The average Bonchev–Trinajstić information content (AvgIpc) is 2.51. The molecule has 1 aromatic heterocycles. The Morgan fingerprint density at radius 1 is 1.57 bits per heavy atom. The Labute approximate surface area is 87.9 Å². The first-order chi connectivity index (χ1) is 6.57. The van der Waals surface area contributed by atoms with Crippen molar-refractivity contribution >= 4 is 22.9 Å². The van der Waals surface area contributed by atoms with E-state index in [-0.39, 0.29) is 0 Å². The molecule has 0 fully saturated rings. The van der Waals surface area contributed by atoms with Gasteiger partial charge in [-0.2, -0.15) is 0 Å². The lowest BCUT2D eigenvalue weighted by molar-refractivity contribution is -0.132. The van der Waals surface area contributed by atoms with Crippen molar-refractivity contribution in [1.29, 1.82) is 0 Å². The van der Waals surface area contributed by atoms with E-state index in [1.165, 1.54) is 0 Å². The summed E-state index contributed by atoms with van der Waals surface area (Å²) in [5.74, 6) is -0.808. The van der Waals surface area contributed by atoms with E-state index in [9.17, 15) is 4.79 Å². The SMILES string of the molecule is CC/C(C(=O)O)=C(\C)c1sccc1C. The molecule has 0 unspecified atom stereocenters. The molecule has 3 heteroatoms. The maximum absolute atomic E-state index is 10.9. The minimum atomic E-state index is -0.808. The summed E-state index contributed by atoms with van der Waals surface area (Å²) in [6, 6.07) is 2.01. The molecule has 2 nitrogen and oxygen atoms in total. The summed E-state index contributed by atoms with van der Waals surface area (Å²) in [7, 11) is 0. The second-order valence-corrected chi connectivity index (χ2v) is 4.11. The summed E-state index contributed by atoms with van der Waals surface area (Å²) in [6.45, 7) is 5.76. The van der Waals surface area contributed by atoms with Gasteiger partial charge in [0.1, 0.15) is 0 Å². The Bertz CT molecular complexity index is 374. The Kier molecular flexibility index (Phi) is 3.47. The normalized spacial score (nSPS) is 12.5. The van der Waals surface area contributed by atoms with Crippen molar-refractivity contribution in [3.05, 3.63) is 27.5 Å². The lowest BCUT2D eigenvalue weighted by atomic mass is 10.0. The smallest absolute Gasteiger partial charge is 0.331 e. The predicted molar refractivity (Wildman–Crippen MR) is 59.6 cm³/mol. The van der Waals surface area contributed by atoms with Crippen molar-refractivity contribution < 1.29 is 9.90 Å². The van der Waals surface area contributed by atoms with E-state index in [4.69, 9.17) is 5.11 Å². The summed E-state index contributed by atoms with van der Waals surface area (Å²) in [5, 5.41) is 11.0. The van der Waals surface area contributed by atoms with Crippen molar-refractivity contribution in [1.82, 2.24) is 0 Å². The predicted octanol–water partition coefficient (Wildman–Crippen LogP) is 3.32. The Morgan fingerprint density at radius 3 is 2.57 bits per heavy atom. The van der Waals surface area contributed by atoms with Crippen LogP contribution < -0.4 is 0 Å². The molecule has 1 rings (SSSR count). The number of thiophene rings is 1. The van der Waals surface area contributed by atoms with Crippen LogP contribution in [0.25, 0.3) is 5.57 Å². The number of aryl methyl sites for hydroxylation is 1.